The van der Waals surface area contributed by atoms with E-state index in [1.165, 1.54) is 18.4 Å². The van der Waals surface area contributed by atoms with Gasteiger partial charge in [0.2, 0.25) is 0 Å². The Morgan fingerprint density at radius 2 is 2.12 bits per heavy atom. The van der Waals surface area contributed by atoms with Gasteiger partial charge in [-0.25, -0.2) is 4.79 Å². The number of piperidine rings is 1. The molecule has 0 saturated carbocycles. The molecule has 1 aromatic rings. The van der Waals surface area contributed by atoms with E-state index in [4.69, 9.17) is 4.74 Å². The lowest BCUT2D eigenvalue weighted by molar-refractivity contribution is 0.0186. The van der Waals surface area contributed by atoms with Gasteiger partial charge in [-0.2, -0.15) is 0 Å². The Morgan fingerprint density at radius 3 is 2.92 bits per heavy atom. The van der Waals surface area contributed by atoms with Gasteiger partial charge >= 0.3 is 6.03 Å². The van der Waals surface area contributed by atoms with Gasteiger partial charge in [0.05, 0.1) is 19.3 Å². The topological polar surface area (TPSA) is 44.8 Å². The second-order valence-electron chi connectivity index (χ2n) is 7.03. The van der Waals surface area contributed by atoms with Crippen molar-refractivity contribution < 1.29 is 9.53 Å². The Kier molecular flexibility index (Phi) is 6.10. The Morgan fingerprint density at radius 1 is 1.29 bits per heavy atom. The minimum Gasteiger partial charge on any atom is -0.377 e. The van der Waals surface area contributed by atoms with Crippen LogP contribution in [-0.2, 0) is 11.3 Å². The van der Waals surface area contributed by atoms with Gasteiger partial charge in [0.1, 0.15) is 0 Å². The highest BCUT2D eigenvalue weighted by molar-refractivity contribution is 5.74. The van der Waals surface area contributed by atoms with Crippen LogP contribution in [0.1, 0.15) is 25.3 Å². The molecule has 2 aliphatic heterocycles. The van der Waals surface area contributed by atoms with Crippen molar-refractivity contribution >= 4 is 6.03 Å². The second kappa shape index (κ2) is 8.49. The number of nitrogens with zero attached hydrogens (tertiary/aromatic N) is 2. The Hall–Kier alpha value is -1.59. The van der Waals surface area contributed by atoms with E-state index in [0.29, 0.717) is 25.7 Å². The molecule has 132 valence electrons. The van der Waals surface area contributed by atoms with Gasteiger partial charge in [-0.1, -0.05) is 30.3 Å². The summed E-state index contributed by atoms with van der Waals surface area (Å²) in [6.45, 7) is 8.01. The molecule has 0 spiro atoms. The summed E-state index contributed by atoms with van der Waals surface area (Å²) in [5.74, 6) is 0.544. The van der Waals surface area contributed by atoms with Crippen LogP contribution in [0.3, 0.4) is 0 Å². The van der Waals surface area contributed by atoms with Crippen molar-refractivity contribution in [3.05, 3.63) is 35.9 Å². The maximum Gasteiger partial charge on any atom is 0.317 e. The Bertz CT molecular complexity index is 523. The maximum atomic E-state index is 12.4. The average Bonchev–Trinajstić information content (AvgIpc) is 2.61. The van der Waals surface area contributed by atoms with E-state index in [1.807, 2.05) is 11.8 Å². The van der Waals surface area contributed by atoms with Gasteiger partial charge in [-0.3, -0.25) is 4.90 Å². The summed E-state index contributed by atoms with van der Waals surface area (Å²) in [5.41, 5.74) is 1.37. The number of carbonyl (C=O) groups is 1. The molecule has 0 unspecified atom stereocenters. The highest BCUT2D eigenvalue weighted by atomic mass is 16.5. The van der Waals surface area contributed by atoms with Crippen LogP contribution in [0.15, 0.2) is 30.3 Å². The smallest absolute Gasteiger partial charge is 0.317 e. The summed E-state index contributed by atoms with van der Waals surface area (Å²) >= 11 is 0. The molecule has 0 aromatic heterocycles. The summed E-state index contributed by atoms with van der Waals surface area (Å²) in [6.07, 6.45) is 2.41. The zero-order valence-electron chi connectivity index (χ0n) is 14.6. The zero-order valence-corrected chi connectivity index (χ0v) is 14.6. The van der Waals surface area contributed by atoms with Gasteiger partial charge < -0.3 is 15.0 Å². The van der Waals surface area contributed by atoms with E-state index >= 15 is 0 Å². The van der Waals surface area contributed by atoms with Crippen LogP contribution >= 0.6 is 0 Å². The lowest BCUT2D eigenvalue weighted by Crippen LogP contribution is -2.52. The predicted molar refractivity (Wildman–Crippen MR) is 94.8 cm³/mol. The highest BCUT2D eigenvalue weighted by Crippen LogP contribution is 2.18. The predicted octanol–water partition coefficient (Wildman–Crippen LogP) is 2.33. The van der Waals surface area contributed by atoms with Gasteiger partial charge in [0.25, 0.3) is 0 Å². The molecule has 5 nitrogen and oxygen atoms in total. The first-order valence-corrected chi connectivity index (χ1v) is 9.11. The summed E-state index contributed by atoms with van der Waals surface area (Å²) in [7, 11) is 0. The molecule has 2 heterocycles. The van der Waals surface area contributed by atoms with E-state index in [1.54, 1.807) is 0 Å². The summed E-state index contributed by atoms with van der Waals surface area (Å²) in [6, 6.07) is 10.9. The third-order valence-corrected chi connectivity index (χ3v) is 5.02. The van der Waals surface area contributed by atoms with Crippen LogP contribution in [0.4, 0.5) is 4.79 Å². The molecule has 0 bridgehead atoms. The van der Waals surface area contributed by atoms with Gasteiger partial charge in [-0.05, 0) is 37.8 Å². The first-order chi connectivity index (χ1) is 11.7. The van der Waals surface area contributed by atoms with E-state index in [0.717, 1.165) is 26.2 Å². The molecule has 2 aliphatic rings. The number of ether oxygens (including phenoxy) is 1. The molecule has 2 amide bonds. The number of likely N-dealkylation sites (tertiary alicyclic amines) is 1. The molecule has 1 aromatic carbocycles. The average molecular weight is 331 g/mol. The lowest BCUT2D eigenvalue weighted by Gasteiger charge is -2.35. The van der Waals surface area contributed by atoms with Crippen LogP contribution in [0, 0.1) is 5.92 Å². The first kappa shape index (κ1) is 17.2. The zero-order chi connectivity index (χ0) is 16.8. The van der Waals surface area contributed by atoms with Crippen molar-refractivity contribution in [1.82, 2.24) is 15.1 Å². The van der Waals surface area contributed by atoms with Crippen LogP contribution in [0.25, 0.3) is 0 Å². The van der Waals surface area contributed by atoms with Crippen molar-refractivity contribution in [2.75, 3.05) is 39.4 Å². The van der Waals surface area contributed by atoms with Gasteiger partial charge in [-0.15, -0.1) is 0 Å². The second-order valence-corrected chi connectivity index (χ2v) is 7.03. The number of hydrogen-bond donors (Lipinski definition) is 1. The summed E-state index contributed by atoms with van der Waals surface area (Å²) in [4.78, 5) is 16.8. The van der Waals surface area contributed by atoms with Crippen LogP contribution in [-0.4, -0.2) is 61.3 Å². The minimum atomic E-state index is 0.0611. The highest BCUT2D eigenvalue weighted by Gasteiger charge is 2.25. The monoisotopic (exact) mass is 331 g/mol. The molecule has 1 N–H and O–H groups in total. The largest absolute Gasteiger partial charge is 0.377 e. The molecular formula is C19H29N3O2. The van der Waals surface area contributed by atoms with Gasteiger partial charge in [0.15, 0.2) is 0 Å². The number of benzene rings is 1. The normalized spacial score (nSPS) is 25.5. The van der Waals surface area contributed by atoms with Gasteiger partial charge in [0, 0.05) is 26.2 Å². The quantitative estimate of drug-likeness (QED) is 0.921. The molecule has 2 atom stereocenters. The molecule has 2 fully saturated rings. The standard InChI is InChI=1S/C19H29N3O2/c1-16-15-24-11-10-22(16)19(23)20-12-18-8-5-9-21(14-18)13-17-6-3-2-4-7-17/h2-4,6-7,16,18H,5,8-15H2,1H3,(H,20,23)/t16-,18+/m1/s1. The van der Waals surface area contributed by atoms with E-state index in [2.05, 4.69) is 40.5 Å². The Labute approximate surface area is 145 Å². The molecule has 0 radical (unpaired) electrons. The summed E-state index contributed by atoms with van der Waals surface area (Å²) in [5, 5.41) is 3.14. The third kappa shape index (κ3) is 4.71. The number of urea groups is 1. The number of morpholine rings is 1. The van der Waals surface area contributed by atoms with Crippen molar-refractivity contribution in [3.63, 3.8) is 0 Å². The molecule has 3 rings (SSSR count). The molecule has 2 saturated heterocycles. The van der Waals surface area contributed by atoms with Crippen molar-refractivity contribution in [3.8, 4) is 0 Å². The first-order valence-electron chi connectivity index (χ1n) is 9.11. The van der Waals surface area contributed by atoms with E-state index < -0.39 is 0 Å². The number of hydrogen-bond acceptors (Lipinski definition) is 3. The third-order valence-electron chi connectivity index (χ3n) is 5.02. The minimum absolute atomic E-state index is 0.0611. The fraction of sp³-hybridized carbons (Fsp3) is 0.632. The van der Waals surface area contributed by atoms with E-state index in [-0.39, 0.29) is 12.1 Å². The Balaban J connectivity index is 1.44. The lowest BCUT2D eigenvalue weighted by atomic mass is 9.97. The molecule has 0 aliphatic carbocycles. The number of amides is 2. The molecule has 5 heteroatoms. The van der Waals surface area contributed by atoms with Crippen molar-refractivity contribution in [2.45, 2.75) is 32.4 Å². The molecule has 24 heavy (non-hydrogen) atoms. The fourth-order valence-electron chi connectivity index (χ4n) is 3.67. The molecular weight excluding hydrogens is 302 g/mol. The van der Waals surface area contributed by atoms with Crippen LogP contribution in [0.5, 0.6) is 0 Å². The summed E-state index contributed by atoms with van der Waals surface area (Å²) < 4.78 is 5.40. The van der Waals surface area contributed by atoms with Crippen molar-refractivity contribution in [2.24, 2.45) is 5.92 Å². The number of nitrogens with one attached hydrogen (secondary N) is 1. The number of rotatable bonds is 4. The fourth-order valence-corrected chi connectivity index (χ4v) is 3.67. The van der Waals surface area contributed by atoms with Crippen molar-refractivity contribution in [1.29, 1.82) is 0 Å². The van der Waals surface area contributed by atoms with E-state index in [9.17, 15) is 4.79 Å². The van der Waals surface area contributed by atoms with Crippen LogP contribution < -0.4 is 5.32 Å². The van der Waals surface area contributed by atoms with Crippen LogP contribution in [0.2, 0.25) is 0 Å². The SMILES string of the molecule is C[C@@H]1COCCN1C(=O)NC[C@@H]1CCCN(Cc2ccccc2)C1. The maximum absolute atomic E-state index is 12.4. The number of carbonyl (C=O) groups excluding carboxylic acids is 1.